The van der Waals surface area contributed by atoms with E-state index in [4.69, 9.17) is 0 Å². The molecule has 0 spiro atoms. The van der Waals surface area contributed by atoms with Gasteiger partial charge in [0.1, 0.15) is 5.82 Å². The molecule has 1 heterocycles. The highest BCUT2D eigenvalue weighted by Crippen LogP contribution is 2.85. The summed E-state index contributed by atoms with van der Waals surface area (Å²) in [5.74, 6) is 3.69. The van der Waals surface area contributed by atoms with Crippen LogP contribution in [0.4, 0.5) is 10.1 Å². The maximum Gasteiger partial charge on any atom is 0.254 e. The van der Waals surface area contributed by atoms with Gasteiger partial charge in [0.15, 0.2) is 0 Å². The third kappa shape index (κ3) is 1.61. The number of anilines is 1. The zero-order chi connectivity index (χ0) is 18.9. The van der Waals surface area contributed by atoms with Crippen molar-refractivity contribution >= 4 is 17.5 Å². The van der Waals surface area contributed by atoms with Crippen LogP contribution in [0.25, 0.3) is 0 Å². The average Bonchev–Trinajstić information content (AvgIpc) is 3.18. The molecule has 0 saturated heterocycles. The third-order valence-electron chi connectivity index (χ3n) is 9.38. The number of carbonyl (C=O) groups is 2. The molecule has 5 saturated carbocycles. The van der Waals surface area contributed by atoms with Crippen LogP contribution < -0.4 is 10.6 Å². The molecule has 5 aliphatic carbocycles. The van der Waals surface area contributed by atoms with Crippen LogP contribution in [0.15, 0.2) is 12.1 Å². The number of amides is 2. The second-order valence-electron chi connectivity index (χ2n) is 10.0. The highest BCUT2D eigenvalue weighted by atomic mass is 19.1. The first-order valence-corrected chi connectivity index (χ1v) is 10.6. The molecule has 1 aromatic carbocycles. The fourth-order valence-electron chi connectivity index (χ4n) is 8.85. The Labute approximate surface area is 162 Å². The van der Waals surface area contributed by atoms with Crippen LogP contribution in [0.2, 0.25) is 0 Å². The average molecular weight is 382 g/mol. The molecule has 9 unspecified atom stereocenters. The van der Waals surface area contributed by atoms with E-state index in [-0.39, 0.29) is 18.0 Å². The first kappa shape index (κ1) is 15.9. The summed E-state index contributed by atoms with van der Waals surface area (Å²) in [6, 6.07) is 2.78. The molecule has 2 bridgehead atoms. The Hall–Kier alpha value is -1.95. The van der Waals surface area contributed by atoms with Crippen LogP contribution in [0, 0.1) is 53.2 Å². The monoisotopic (exact) mass is 382 g/mol. The zero-order valence-corrected chi connectivity index (χ0v) is 15.5. The van der Waals surface area contributed by atoms with Gasteiger partial charge in [-0.2, -0.15) is 0 Å². The van der Waals surface area contributed by atoms with Crippen LogP contribution in [0.3, 0.4) is 0 Å². The summed E-state index contributed by atoms with van der Waals surface area (Å²) in [6.45, 7) is 0.230. The highest BCUT2D eigenvalue weighted by Gasteiger charge is 2.84. The van der Waals surface area contributed by atoms with Gasteiger partial charge in [0.2, 0.25) is 5.91 Å². The number of rotatable bonds is 3. The van der Waals surface area contributed by atoms with E-state index in [9.17, 15) is 19.1 Å². The Morgan fingerprint density at radius 3 is 2.79 bits per heavy atom. The molecule has 7 rings (SSSR count). The van der Waals surface area contributed by atoms with Crippen LogP contribution >= 0.6 is 0 Å². The molecular formula is C22H23FN2O3. The van der Waals surface area contributed by atoms with Crippen molar-refractivity contribution in [2.75, 3.05) is 11.9 Å². The van der Waals surface area contributed by atoms with Crippen LogP contribution in [0.1, 0.15) is 35.2 Å². The van der Waals surface area contributed by atoms with E-state index in [1.807, 2.05) is 0 Å². The van der Waals surface area contributed by atoms with Gasteiger partial charge in [-0.15, -0.1) is 0 Å². The van der Waals surface area contributed by atoms with Crippen molar-refractivity contribution in [1.29, 1.82) is 0 Å². The summed E-state index contributed by atoms with van der Waals surface area (Å²) in [4.78, 5) is 24.2. The number of carbonyl (C=O) groups excluding carboxylic acids is 2. The van der Waals surface area contributed by atoms with Crippen molar-refractivity contribution in [2.45, 2.75) is 31.3 Å². The lowest BCUT2D eigenvalue weighted by molar-refractivity contribution is -0.126. The molecular weight excluding hydrogens is 359 g/mol. The lowest BCUT2D eigenvalue weighted by Crippen LogP contribution is -2.59. The maximum atomic E-state index is 14.5. The Kier molecular flexibility index (Phi) is 2.72. The zero-order valence-electron chi connectivity index (χ0n) is 15.5. The van der Waals surface area contributed by atoms with Crippen molar-refractivity contribution in [3.05, 3.63) is 29.1 Å². The summed E-state index contributed by atoms with van der Waals surface area (Å²) in [7, 11) is 0. The van der Waals surface area contributed by atoms with Gasteiger partial charge in [0, 0.05) is 18.7 Å². The number of fused-ring (bicyclic) bond motifs is 3. The van der Waals surface area contributed by atoms with Gasteiger partial charge in [0.05, 0.1) is 11.2 Å². The van der Waals surface area contributed by atoms with E-state index < -0.39 is 17.3 Å². The Bertz CT molecular complexity index is 957. The second-order valence-corrected chi connectivity index (χ2v) is 10.0. The number of aryl methyl sites for hydroxylation is 1. The maximum absolute atomic E-state index is 14.5. The van der Waals surface area contributed by atoms with E-state index in [0.29, 0.717) is 54.0 Å². The largest absolute Gasteiger partial charge is 0.387 e. The molecule has 0 aromatic heterocycles. The Morgan fingerprint density at radius 1 is 1.14 bits per heavy atom. The minimum Gasteiger partial charge on any atom is -0.387 e. The van der Waals surface area contributed by atoms with Gasteiger partial charge in [-0.3, -0.25) is 9.59 Å². The molecule has 9 atom stereocenters. The first-order valence-electron chi connectivity index (χ1n) is 10.6. The number of benzene rings is 1. The molecule has 5 fully saturated rings. The molecule has 3 N–H and O–H groups in total. The SMILES string of the molecule is O=C1CCc2cc(C(=O)NCC3(O)C4C5CC6C7C5CC4C7C63)c(F)cc2N1. The molecule has 5 nitrogen and oxygen atoms in total. The van der Waals surface area contributed by atoms with Crippen LogP contribution in [-0.2, 0) is 11.2 Å². The predicted molar refractivity (Wildman–Crippen MR) is 97.8 cm³/mol. The normalized spacial score (nSPS) is 47.9. The number of aliphatic hydroxyl groups is 1. The summed E-state index contributed by atoms with van der Waals surface area (Å²) in [5.41, 5.74) is 0.429. The highest BCUT2D eigenvalue weighted by molar-refractivity contribution is 5.98. The molecule has 28 heavy (non-hydrogen) atoms. The molecule has 0 radical (unpaired) electrons. The minimum absolute atomic E-state index is 0.000381. The van der Waals surface area contributed by atoms with Crippen molar-refractivity contribution in [1.82, 2.24) is 5.32 Å². The number of hydrogen-bond acceptors (Lipinski definition) is 3. The third-order valence-corrected chi connectivity index (χ3v) is 9.38. The molecule has 6 aliphatic rings. The van der Waals surface area contributed by atoms with Gasteiger partial charge in [-0.05, 0) is 84.3 Å². The molecule has 146 valence electrons. The Morgan fingerprint density at radius 2 is 1.93 bits per heavy atom. The minimum atomic E-state index is -0.807. The molecule has 1 aromatic rings. The standard InChI is InChI=1S/C22H23FN2O3/c23-14-6-15-8(1-2-16(26)25-15)3-11(14)21(27)24-7-22(28)19-10-5-12-17-9(10)4-13(19)18(17)20(12)22/h3,6,9-10,12-13,17-20,28H,1-2,4-5,7H2,(H,24,27)(H,25,26). The molecule has 1 aliphatic heterocycles. The van der Waals surface area contributed by atoms with E-state index in [1.54, 1.807) is 6.07 Å². The van der Waals surface area contributed by atoms with Gasteiger partial charge < -0.3 is 15.7 Å². The smallest absolute Gasteiger partial charge is 0.254 e. The van der Waals surface area contributed by atoms with Crippen molar-refractivity contribution in [3.8, 4) is 0 Å². The van der Waals surface area contributed by atoms with Crippen molar-refractivity contribution < 1.29 is 19.1 Å². The topological polar surface area (TPSA) is 78.4 Å². The van der Waals surface area contributed by atoms with Crippen molar-refractivity contribution in [3.63, 3.8) is 0 Å². The van der Waals surface area contributed by atoms with Gasteiger partial charge >= 0.3 is 0 Å². The van der Waals surface area contributed by atoms with Gasteiger partial charge in [-0.1, -0.05) is 0 Å². The summed E-state index contributed by atoms with van der Waals surface area (Å²) in [6.07, 6.45) is 3.40. The number of hydrogen-bond donors (Lipinski definition) is 3. The molecule has 6 heteroatoms. The van der Waals surface area contributed by atoms with Gasteiger partial charge in [-0.25, -0.2) is 4.39 Å². The lowest BCUT2D eigenvalue weighted by Gasteiger charge is -2.51. The summed E-state index contributed by atoms with van der Waals surface area (Å²) < 4.78 is 14.5. The number of nitrogens with one attached hydrogen (secondary N) is 2. The lowest BCUT2D eigenvalue weighted by atomic mass is 9.56. The summed E-state index contributed by atoms with van der Waals surface area (Å²) in [5, 5.41) is 17.1. The van der Waals surface area contributed by atoms with Crippen LogP contribution in [0.5, 0.6) is 0 Å². The van der Waals surface area contributed by atoms with E-state index in [0.717, 1.165) is 17.4 Å². The van der Waals surface area contributed by atoms with E-state index >= 15 is 0 Å². The van der Waals surface area contributed by atoms with Crippen LogP contribution in [-0.4, -0.2) is 29.1 Å². The second kappa shape index (κ2) is 4.78. The predicted octanol–water partition coefficient (Wildman–Crippen LogP) is 1.95. The fourth-order valence-corrected chi connectivity index (χ4v) is 8.85. The van der Waals surface area contributed by atoms with Gasteiger partial charge in [0.25, 0.3) is 5.91 Å². The quantitative estimate of drug-likeness (QED) is 0.748. The summed E-state index contributed by atoms with van der Waals surface area (Å²) >= 11 is 0. The first-order chi connectivity index (χ1) is 13.5. The van der Waals surface area contributed by atoms with E-state index in [2.05, 4.69) is 10.6 Å². The van der Waals surface area contributed by atoms with Crippen molar-refractivity contribution in [2.24, 2.45) is 47.3 Å². The Balaban J connectivity index is 1.14. The number of halogens is 1. The molecule has 2 amide bonds. The fraction of sp³-hybridized carbons (Fsp3) is 0.636. The van der Waals surface area contributed by atoms with E-state index in [1.165, 1.54) is 18.9 Å².